The Morgan fingerprint density at radius 2 is 1.70 bits per heavy atom. The number of piperidine rings is 2. The topological polar surface area (TPSA) is 49.4 Å². The molecular formula is C16H26N2O2. The SMILES string of the molecule is CC1(CN2C(=O)CC3(CCCC3)CC2=O)CCCNC1. The number of amides is 2. The molecule has 4 nitrogen and oxygen atoms in total. The van der Waals surface area contributed by atoms with Crippen LogP contribution in [0.25, 0.3) is 0 Å². The lowest BCUT2D eigenvalue weighted by Gasteiger charge is -2.42. The Hall–Kier alpha value is -0.900. The molecule has 1 atom stereocenters. The second-order valence-electron chi connectivity index (χ2n) is 7.53. The number of carbonyl (C=O) groups is 2. The van der Waals surface area contributed by atoms with E-state index < -0.39 is 0 Å². The van der Waals surface area contributed by atoms with Crippen LogP contribution in [-0.4, -0.2) is 36.3 Å². The molecule has 1 saturated carbocycles. The predicted octanol–water partition coefficient (Wildman–Crippen LogP) is 2.09. The highest BCUT2D eigenvalue weighted by Crippen LogP contribution is 2.47. The molecule has 0 aromatic rings. The molecule has 2 aliphatic heterocycles. The summed E-state index contributed by atoms with van der Waals surface area (Å²) in [5, 5.41) is 3.39. The van der Waals surface area contributed by atoms with Gasteiger partial charge >= 0.3 is 0 Å². The number of imide groups is 1. The Morgan fingerprint density at radius 1 is 1.05 bits per heavy atom. The Labute approximate surface area is 121 Å². The lowest BCUT2D eigenvalue weighted by Crippen LogP contribution is -2.53. The minimum atomic E-state index is 0.0242. The van der Waals surface area contributed by atoms with E-state index in [4.69, 9.17) is 0 Å². The van der Waals surface area contributed by atoms with Crippen LogP contribution >= 0.6 is 0 Å². The van der Waals surface area contributed by atoms with Crippen LogP contribution in [0.15, 0.2) is 0 Å². The highest BCUT2D eigenvalue weighted by molar-refractivity contribution is 5.98. The molecule has 3 rings (SSSR count). The average molecular weight is 278 g/mol. The molecular weight excluding hydrogens is 252 g/mol. The van der Waals surface area contributed by atoms with Crippen molar-refractivity contribution < 1.29 is 9.59 Å². The van der Waals surface area contributed by atoms with Gasteiger partial charge in [-0.2, -0.15) is 0 Å². The van der Waals surface area contributed by atoms with Crippen LogP contribution in [0.1, 0.15) is 58.3 Å². The molecule has 112 valence electrons. The van der Waals surface area contributed by atoms with E-state index in [1.165, 1.54) is 12.8 Å². The molecule has 20 heavy (non-hydrogen) atoms. The van der Waals surface area contributed by atoms with Gasteiger partial charge in [0.25, 0.3) is 0 Å². The van der Waals surface area contributed by atoms with Gasteiger partial charge in [-0.15, -0.1) is 0 Å². The van der Waals surface area contributed by atoms with E-state index in [0.29, 0.717) is 19.4 Å². The molecule has 0 aromatic carbocycles. The second kappa shape index (κ2) is 5.14. The Balaban J connectivity index is 1.68. The molecule has 4 heteroatoms. The first kappa shape index (κ1) is 14.1. The average Bonchev–Trinajstić information content (AvgIpc) is 2.83. The van der Waals surface area contributed by atoms with Gasteiger partial charge < -0.3 is 5.32 Å². The normalized spacial score (nSPS) is 34.0. The lowest BCUT2D eigenvalue weighted by molar-refractivity contribution is -0.155. The smallest absolute Gasteiger partial charge is 0.229 e. The monoisotopic (exact) mass is 278 g/mol. The third-order valence-electron chi connectivity index (χ3n) is 5.54. The summed E-state index contributed by atoms with van der Waals surface area (Å²) in [6.07, 6.45) is 7.93. The van der Waals surface area contributed by atoms with Gasteiger partial charge in [0.2, 0.25) is 11.8 Å². The van der Waals surface area contributed by atoms with E-state index in [-0.39, 0.29) is 22.6 Å². The van der Waals surface area contributed by atoms with E-state index in [9.17, 15) is 9.59 Å². The number of rotatable bonds is 2. The van der Waals surface area contributed by atoms with Crippen molar-refractivity contribution in [1.29, 1.82) is 0 Å². The van der Waals surface area contributed by atoms with Gasteiger partial charge in [0.1, 0.15) is 0 Å². The van der Waals surface area contributed by atoms with E-state index in [0.717, 1.165) is 38.8 Å². The molecule has 2 amide bonds. The molecule has 1 N–H and O–H groups in total. The molecule has 0 radical (unpaired) electrons. The minimum Gasteiger partial charge on any atom is -0.316 e. The van der Waals surface area contributed by atoms with Crippen molar-refractivity contribution in [3.8, 4) is 0 Å². The van der Waals surface area contributed by atoms with E-state index in [1.54, 1.807) is 4.90 Å². The number of hydrogen-bond acceptors (Lipinski definition) is 3. The Kier molecular flexibility index (Phi) is 3.61. The van der Waals surface area contributed by atoms with Gasteiger partial charge in [-0.25, -0.2) is 0 Å². The molecule has 2 heterocycles. The zero-order chi connectivity index (χ0) is 14.2. The molecule has 0 bridgehead atoms. The van der Waals surface area contributed by atoms with Crippen molar-refractivity contribution in [2.45, 2.75) is 58.3 Å². The quantitative estimate of drug-likeness (QED) is 0.787. The second-order valence-corrected chi connectivity index (χ2v) is 7.53. The summed E-state index contributed by atoms with van der Waals surface area (Å²) in [5.74, 6) is 0.157. The Bertz CT molecular complexity index is 387. The van der Waals surface area contributed by atoms with E-state index in [2.05, 4.69) is 12.2 Å². The highest BCUT2D eigenvalue weighted by Gasteiger charge is 2.46. The first-order valence-corrected chi connectivity index (χ1v) is 8.06. The zero-order valence-corrected chi connectivity index (χ0v) is 12.5. The van der Waals surface area contributed by atoms with Crippen molar-refractivity contribution in [3.05, 3.63) is 0 Å². The molecule has 0 aromatic heterocycles. The fourth-order valence-corrected chi connectivity index (χ4v) is 4.32. The van der Waals surface area contributed by atoms with E-state index >= 15 is 0 Å². The number of likely N-dealkylation sites (tertiary alicyclic amines) is 1. The van der Waals surface area contributed by atoms with Crippen LogP contribution in [0, 0.1) is 10.8 Å². The summed E-state index contributed by atoms with van der Waals surface area (Å²) >= 11 is 0. The number of hydrogen-bond donors (Lipinski definition) is 1. The van der Waals surface area contributed by atoms with E-state index in [1.807, 2.05) is 0 Å². The zero-order valence-electron chi connectivity index (χ0n) is 12.5. The van der Waals surface area contributed by atoms with Crippen molar-refractivity contribution in [1.82, 2.24) is 10.2 Å². The summed E-state index contributed by atoms with van der Waals surface area (Å²) in [7, 11) is 0. The van der Waals surface area contributed by atoms with Gasteiger partial charge in [-0.3, -0.25) is 14.5 Å². The van der Waals surface area contributed by atoms with Gasteiger partial charge in [-0.1, -0.05) is 19.8 Å². The maximum absolute atomic E-state index is 12.5. The summed E-state index contributed by atoms with van der Waals surface area (Å²) in [4.78, 5) is 26.5. The van der Waals surface area contributed by atoms with Crippen molar-refractivity contribution in [3.63, 3.8) is 0 Å². The van der Waals surface area contributed by atoms with Crippen LogP contribution in [-0.2, 0) is 9.59 Å². The molecule has 3 fully saturated rings. The van der Waals surface area contributed by atoms with Crippen LogP contribution < -0.4 is 5.32 Å². The van der Waals surface area contributed by atoms with Gasteiger partial charge in [0, 0.05) is 25.9 Å². The summed E-state index contributed by atoms with van der Waals surface area (Å²) in [6, 6.07) is 0. The maximum atomic E-state index is 12.5. The summed E-state index contributed by atoms with van der Waals surface area (Å²) < 4.78 is 0. The van der Waals surface area contributed by atoms with Gasteiger partial charge in [-0.05, 0) is 43.1 Å². The lowest BCUT2D eigenvalue weighted by atomic mass is 9.75. The van der Waals surface area contributed by atoms with Crippen molar-refractivity contribution >= 4 is 11.8 Å². The highest BCUT2D eigenvalue weighted by atomic mass is 16.2. The predicted molar refractivity (Wildman–Crippen MR) is 77.1 cm³/mol. The van der Waals surface area contributed by atoms with Crippen LogP contribution in [0.2, 0.25) is 0 Å². The molecule has 1 unspecified atom stereocenters. The number of carbonyl (C=O) groups excluding carboxylic acids is 2. The van der Waals surface area contributed by atoms with Crippen LogP contribution in [0.5, 0.6) is 0 Å². The molecule has 1 spiro atoms. The molecule has 1 aliphatic carbocycles. The first-order chi connectivity index (χ1) is 9.52. The first-order valence-electron chi connectivity index (χ1n) is 8.06. The fraction of sp³-hybridized carbons (Fsp3) is 0.875. The molecule has 2 saturated heterocycles. The van der Waals surface area contributed by atoms with Crippen LogP contribution in [0.3, 0.4) is 0 Å². The third kappa shape index (κ3) is 2.62. The van der Waals surface area contributed by atoms with Gasteiger partial charge in [0.15, 0.2) is 0 Å². The largest absolute Gasteiger partial charge is 0.316 e. The minimum absolute atomic E-state index is 0.0242. The van der Waals surface area contributed by atoms with Crippen molar-refractivity contribution in [2.75, 3.05) is 19.6 Å². The maximum Gasteiger partial charge on any atom is 0.229 e. The van der Waals surface area contributed by atoms with Gasteiger partial charge in [0.05, 0.1) is 0 Å². The summed E-state index contributed by atoms with van der Waals surface area (Å²) in [5.41, 5.74) is 0.0835. The van der Waals surface area contributed by atoms with Crippen molar-refractivity contribution in [2.24, 2.45) is 10.8 Å². The number of nitrogens with one attached hydrogen (secondary N) is 1. The summed E-state index contributed by atoms with van der Waals surface area (Å²) in [6.45, 7) is 4.77. The number of nitrogens with zero attached hydrogens (tertiary/aromatic N) is 1. The van der Waals surface area contributed by atoms with Crippen LogP contribution in [0.4, 0.5) is 0 Å². The fourth-order valence-electron chi connectivity index (χ4n) is 4.32. The standard InChI is InChI=1S/C16H26N2O2/c1-15(5-4-8-17-11-15)12-18-13(19)9-16(10-14(18)20)6-2-3-7-16/h17H,2-12H2,1H3. The Morgan fingerprint density at radius 3 is 2.25 bits per heavy atom. The third-order valence-corrected chi connectivity index (χ3v) is 5.54. The molecule has 3 aliphatic rings.